The average Bonchev–Trinajstić information content (AvgIpc) is 3.08. The van der Waals surface area contributed by atoms with Crippen LogP contribution < -0.4 is 0 Å². The van der Waals surface area contributed by atoms with Crippen molar-refractivity contribution < 1.29 is 9.21 Å². The van der Waals surface area contributed by atoms with Gasteiger partial charge in [0.05, 0.1) is 6.54 Å². The first kappa shape index (κ1) is 15.6. The summed E-state index contributed by atoms with van der Waals surface area (Å²) in [5.74, 6) is 1.21. The number of carbonyl (C=O) groups is 1. The van der Waals surface area contributed by atoms with Crippen LogP contribution in [0.5, 0.6) is 0 Å². The van der Waals surface area contributed by atoms with Gasteiger partial charge >= 0.3 is 0 Å². The third kappa shape index (κ3) is 3.74. The second-order valence-corrected chi connectivity index (χ2v) is 6.68. The number of thioether (sulfide) groups is 1. The van der Waals surface area contributed by atoms with Gasteiger partial charge in [-0.25, -0.2) is 0 Å². The fourth-order valence-electron chi connectivity index (χ4n) is 2.17. The molecule has 2 aromatic rings. The van der Waals surface area contributed by atoms with Gasteiger partial charge in [0.15, 0.2) is 0 Å². The lowest BCUT2D eigenvalue weighted by molar-refractivity contribution is -0.128. The summed E-state index contributed by atoms with van der Waals surface area (Å²) < 4.78 is 5.56. The maximum absolute atomic E-state index is 11.6. The molecule has 2 heterocycles. The SMILES string of the molecule is O=C1CCCN1Cc1nnc(SCc2ccc(Cl)cc2Cl)o1. The van der Waals surface area contributed by atoms with E-state index in [0.717, 1.165) is 18.5 Å². The quantitative estimate of drug-likeness (QED) is 0.761. The molecular weight excluding hydrogens is 345 g/mol. The second-order valence-electron chi connectivity index (χ2n) is 4.90. The van der Waals surface area contributed by atoms with Gasteiger partial charge < -0.3 is 9.32 Å². The van der Waals surface area contributed by atoms with E-state index in [4.69, 9.17) is 27.6 Å². The Morgan fingerprint density at radius 3 is 2.91 bits per heavy atom. The van der Waals surface area contributed by atoms with Crippen LogP contribution in [0.25, 0.3) is 0 Å². The van der Waals surface area contributed by atoms with E-state index >= 15 is 0 Å². The molecule has 1 aromatic carbocycles. The molecule has 0 unspecified atom stereocenters. The summed E-state index contributed by atoms with van der Waals surface area (Å²) in [7, 11) is 0. The van der Waals surface area contributed by atoms with E-state index in [9.17, 15) is 4.79 Å². The summed E-state index contributed by atoms with van der Waals surface area (Å²) >= 11 is 13.4. The van der Waals surface area contributed by atoms with Crippen molar-refractivity contribution in [3.05, 3.63) is 39.7 Å². The third-order valence-electron chi connectivity index (χ3n) is 3.31. The lowest BCUT2D eigenvalue weighted by atomic mass is 10.2. The summed E-state index contributed by atoms with van der Waals surface area (Å²) in [6, 6.07) is 5.37. The van der Waals surface area contributed by atoms with Crippen LogP contribution in [0, 0.1) is 0 Å². The lowest BCUT2D eigenvalue weighted by Gasteiger charge is -2.11. The molecule has 0 spiro atoms. The lowest BCUT2D eigenvalue weighted by Crippen LogP contribution is -2.23. The molecule has 0 saturated carbocycles. The van der Waals surface area contributed by atoms with Crippen molar-refractivity contribution in [3.8, 4) is 0 Å². The molecular formula is C14H13Cl2N3O2S. The molecule has 0 atom stereocenters. The molecule has 1 aliphatic rings. The van der Waals surface area contributed by atoms with Crippen LogP contribution in [0.2, 0.25) is 10.0 Å². The molecule has 0 N–H and O–H groups in total. The van der Waals surface area contributed by atoms with Crippen LogP contribution in [-0.4, -0.2) is 27.5 Å². The average molecular weight is 358 g/mol. The summed E-state index contributed by atoms with van der Waals surface area (Å²) in [6.45, 7) is 1.14. The van der Waals surface area contributed by atoms with E-state index in [1.165, 1.54) is 11.8 Å². The number of halogens is 2. The van der Waals surface area contributed by atoms with Gasteiger partial charge in [0, 0.05) is 28.8 Å². The van der Waals surface area contributed by atoms with E-state index in [1.807, 2.05) is 6.07 Å². The highest BCUT2D eigenvalue weighted by Crippen LogP contribution is 2.28. The number of carbonyl (C=O) groups excluding carboxylic acids is 1. The van der Waals surface area contributed by atoms with Gasteiger partial charge in [0.25, 0.3) is 5.22 Å². The number of likely N-dealkylation sites (tertiary alicyclic amines) is 1. The minimum absolute atomic E-state index is 0.139. The van der Waals surface area contributed by atoms with E-state index in [0.29, 0.717) is 39.9 Å². The highest BCUT2D eigenvalue weighted by atomic mass is 35.5. The van der Waals surface area contributed by atoms with Crippen LogP contribution in [0.3, 0.4) is 0 Å². The summed E-state index contributed by atoms with van der Waals surface area (Å²) in [5, 5.41) is 9.65. The van der Waals surface area contributed by atoms with E-state index in [-0.39, 0.29) is 5.91 Å². The Labute approximate surface area is 142 Å². The topological polar surface area (TPSA) is 59.2 Å². The molecule has 0 radical (unpaired) electrons. The molecule has 1 saturated heterocycles. The van der Waals surface area contributed by atoms with Crippen molar-refractivity contribution in [1.29, 1.82) is 0 Å². The first-order chi connectivity index (χ1) is 10.6. The van der Waals surface area contributed by atoms with Crippen molar-refractivity contribution in [2.24, 2.45) is 0 Å². The van der Waals surface area contributed by atoms with Crippen molar-refractivity contribution in [2.75, 3.05) is 6.54 Å². The zero-order valence-electron chi connectivity index (χ0n) is 11.6. The first-order valence-corrected chi connectivity index (χ1v) is 8.53. The van der Waals surface area contributed by atoms with Crippen molar-refractivity contribution in [3.63, 3.8) is 0 Å². The highest BCUT2D eigenvalue weighted by molar-refractivity contribution is 7.98. The number of nitrogens with zero attached hydrogens (tertiary/aromatic N) is 3. The highest BCUT2D eigenvalue weighted by Gasteiger charge is 2.22. The molecule has 8 heteroatoms. The molecule has 22 heavy (non-hydrogen) atoms. The number of rotatable bonds is 5. The number of aromatic nitrogens is 2. The Balaban J connectivity index is 1.58. The third-order valence-corrected chi connectivity index (χ3v) is 4.77. The van der Waals surface area contributed by atoms with E-state index < -0.39 is 0 Å². The zero-order chi connectivity index (χ0) is 15.5. The van der Waals surface area contributed by atoms with Crippen LogP contribution in [-0.2, 0) is 17.1 Å². The van der Waals surface area contributed by atoms with E-state index in [2.05, 4.69) is 10.2 Å². The number of hydrogen-bond donors (Lipinski definition) is 0. The molecule has 0 aliphatic carbocycles. The molecule has 1 aromatic heterocycles. The Morgan fingerprint density at radius 2 is 2.18 bits per heavy atom. The molecule has 3 rings (SSSR count). The maximum Gasteiger partial charge on any atom is 0.276 e. The van der Waals surface area contributed by atoms with Crippen molar-refractivity contribution in [2.45, 2.75) is 30.4 Å². The number of benzene rings is 1. The smallest absolute Gasteiger partial charge is 0.276 e. The Bertz CT molecular complexity index is 692. The normalized spacial score (nSPS) is 14.8. The fourth-order valence-corrected chi connectivity index (χ4v) is 3.51. The summed E-state index contributed by atoms with van der Waals surface area (Å²) in [5.41, 5.74) is 0.950. The summed E-state index contributed by atoms with van der Waals surface area (Å²) in [4.78, 5) is 13.3. The van der Waals surface area contributed by atoms with Crippen LogP contribution in [0.4, 0.5) is 0 Å². The second kappa shape index (κ2) is 6.89. The van der Waals surface area contributed by atoms with Crippen LogP contribution in [0.1, 0.15) is 24.3 Å². The fraction of sp³-hybridized carbons (Fsp3) is 0.357. The molecule has 1 fully saturated rings. The van der Waals surface area contributed by atoms with Gasteiger partial charge in [-0.15, -0.1) is 10.2 Å². The Morgan fingerprint density at radius 1 is 1.32 bits per heavy atom. The first-order valence-electron chi connectivity index (χ1n) is 6.79. The molecule has 5 nitrogen and oxygen atoms in total. The zero-order valence-corrected chi connectivity index (χ0v) is 13.9. The van der Waals surface area contributed by atoms with Gasteiger partial charge in [-0.2, -0.15) is 0 Å². The van der Waals surface area contributed by atoms with Gasteiger partial charge in [0.1, 0.15) is 0 Å². The predicted octanol–water partition coefficient (Wildman–Crippen LogP) is 3.79. The standard InChI is InChI=1S/C14H13Cl2N3O2S/c15-10-4-3-9(11(16)6-10)8-22-14-18-17-12(21-14)7-19-5-1-2-13(19)20/h3-4,6H,1-2,5,7-8H2. The van der Waals surface area contributed by atoms with E-state index in [1.54, 1.807) is 17.0 Å². The van der Waals surface area contributed by atoms with Crippen molar-refractivity contribution in [1.82, 2.24) is 15.1 Å². The monoisotopic (exact) mass is 357 g/mol. The maximum atomic E-state index is 11.6. The molecule has 116 valence electrons. The molecule has 0 bridgehead atoms. The molecule has 1 amide bonds. The van der Waals surface area contributed by atoms with Gasteiger partial charge in [-0.3, -0.25) is 4.79 Å². The Hall–Kier alpha value is -1.24. The van der Waals surface area contributed by atoms with Crippen molar-refractivity contribution >= 4 is 40.9 Å². The van der Waals surface area contributed by atoms with Crippen LogP contribution in [0.15, 0.2) is 27.8 Å². The minimum Gasteiger partial charge on any atom is -0.414 e. The number of hydrogen-bond acceptors (Lipinski definition) is 5. The molecule has 1 aliphatic heterocycles. The predicted molar refractivity (Wildman–Crippen MR) is 85.0 cm³/mol. The van der Waals surface area contributed by atoms with Gasteiger partial charge in [0.2, 0.25) is 11.8 Å². The van der Waals surface area contributed by atoms with Crippen LogP contribution >= 0.6 is 35.0 Å². The minimum atomic E-state index is 0.139. The number of amides is 1. The van der Waals surface area contributed by atoms with Gasteiger partial charge in [-0.1, -0.05) is 41.0 Å². The Kier molecular flexibility index (Phi) is 4.90. The van der Waals surface area contributed by atoms with Gasteiger partial charge in [-0.05, 0) is 24.1 Å². The largest absolute Gasteiger partial charge is 0.414 e. The summed E-state index contributed by atoms with van der Waals surface area (Å²) in [6.07, 6.45) is 1.49.